The molecule has 0 amide bonds. The van der Waals surface area contributed by atoms with Gasteiger partial charge in [0, 0.05) is 19.6 Å². The van der Waals surface area contributed by atoms with E-state index in [0.29, 0.717) is 18.7 Å². The Labute approximate surface area is 98.4 Å². The van der Waals surface area contributed by atoms with Crippen molar-refractivity contribution in [1.82, 2.24) is 14.0 Å². The summed E-state index contributed by atoms with van der Waals surface area (Å²) in [5.74, 6) is 0. The molecule has 7 heteroatoms. The average molecular weight is 253 g/mol. The van der Waals surface area contributed by atoms with E-state index in [1.807, 2.05) is 6.07 Å². The van der Waals surface area contributed by atoms with Gasteiger partial charge in [-0.2, -0.15) is 17.4 Å². The van der Waals surface area contributed by atoms with Crippen molar-refractivity contribution >= 4 is 21.3 Å². The normalized spacial score (nSPS) is 16.5. The zero-order valence-electron chi connectivity index (χ0n) is 8.96. The molecule has 0 saturated carbocycles. The molecule has 2 heterocycles. The predicted molar refractivity (Wildman–Crippen MR) is 61.3 cm³/mol. The lowest BCUT2D eigenvalue weighted by Crippen LogP contribution is -2.29. The highest BCUT2D eigenvalue weighted by Gasteiger charge is 2.31. The molecule has 0 unspecified atom stereocenters. The van der Waals surface area contributed by atoms with Gasteiger partial charge in [0.2, 0.25) is 0 Å². The summed E-state index contributed by atoms with van der Waals surface area (Å²) < 4.78 is 32.2. The van der Waals surface area contributed by atoms with E-state index >= 15 is 0 Å². The smallest absolute Gasteiger partial charge is 0.279 e. The Morgan fingerprint density at radius 2 is 2.24 bits per heavy atom. The third-order valence-electron chi connectivity index (χ3n) is 2.60. The fraction of sp³-hybridized carbons (Fsp3) is 0.300. The molecule has 1 N–H and O–H groups in total. The molecular weight excluding hydrogens is 242 g/mol. The first kappa shape index (κ1) is 10.7. The lowest BCUT2D eigenvalue weighted by molar-refractivity contribution is 0.546. The Balaban J connectivity index is 1.76. The topological polar surface area (TPSA) is 75.2 Å². The van der Waals surface area contributed by atoms with Crippen LogP contribution in [0.3, 0.4) is 0 Å². The molecule has 1 aromatic carbocycles. The first-order valence-corrected chi connectivity index (χ1v) is 6.66. The summed E-state index contributed by atoms with van der Waals surface area (Å²) in [4.78, 5) is 3.99. The lowest BCUT2D eigenvalue weighted by Gasteiger charge is -2.06. The number of aromatic nitrogens is 1. The number of nitrogens with zero attached hydrogens (tertiary/aromatic N) is 2. The van der Waals surface area contributed by atoms with Crippen LogP contribution < -0.4 is 4.72 Å². The number of benzene rings is 1. The quantitative estimate of drug-likeness (QED) is 0.804. The van der Waals surface area contributed by atoms with Gasteiger partial charge in [-0.05, 0) is 17.7 Å². The molecule has 1 saturated heterocycles. The molecule has 6 nitrogen and oxygen atoms in total. The summed E-state index contributed by atoms with van der Waals surface area (Å²) in [7, 11) is -3.29. The summed E-state index contributed by atoms with van der Waals surface area (Å²) in [6.45, 7) is 1.47. The zero-order chi connectivity index (χ0) is 11.9. The Kier molecular flexibility index (Phi) is 2.39. The molecule has 0 spiro atoms. The SMILES string of the molecule is O=S(=O)(NCc1ccc2ncoc2c1)N1CC1. The van der Waals surface area contributed by atoms with Crippen LogP contribution in [0.4, 0.5) is 0 Å². The zero-order valence-corrected chi connectivity index (χ0v) is 9.77. The van der Waals surface area contributed by atoms with Crippen LogP contribution in [0.25, 0.3) is 11.1 Å². The number of hydrogen-bond donors (Lipinski definition) is 1. The average Bonchev–Trinajstić information content (AvgIpc) is 3.07. The number of oxazole rings is 1. The molecule has 2 aromatic rings. The standard InChI is InChI=1S/C10H11N3O3S/c14-17(15,13-3-4-13)12-6-8-1-2-9-10(5-8)16-7-11-9/h1-2,5,7,12H,3-4,6H2. The third kappa shape index (κ3) is 2.17. The maximum Gasteiger partial charge on any atom is 0.279 e. The molecule has 0 radical (unpaired) electrons. The fourth-order valence-electron chi connectivity index (χ4n) is 1.56. The Morgan fingerprint density at radius 3 is 3.00 bits per heavy atom. The molecule has 0 aliphatic carbocycles. The Bertz CT molecular complexity index is 646. The minimum absolute atomic E-state index is 0.259. The monoisotopic (exact) mass is 253 g/mol. The van der Waals surface area contributed by atoms with Gasteiger partial charge in [-0.1, -0.05) is 6.07 Å². The van der Waals surface area contributed by atoms with Gasteiger partial charge in [-0.15, -0.1) is 0 Å². The van der Waals surface area contributed by atoms with Crippen molar-refractivity contribution in [2.24, 2.45) is 0 Å². The predicted octanol–water partition coefficient (Wildman–Crippen LogP) is 0.478. The van der Waals surface area contributed by atoms with E-state index in [0.717, 1.165) is 11.1 Å². The number of rotatable bonds is 4. The molecular formula is C10H11N3O3S. The van der Waals surface area contributed by atoms with E-state index in [1.54, 1.807) is 12.1 Å². The highest BCUT2D eigenvalue weighted by atomic mass is 32.2. The fourth-order valence-corrected chi connectivity index (χ4v) is 2.65. The lowest BCUT2D eigenvalue weighted by atomic mass is 10.2. The van der Waals surface area contributed by atoms with Crippen LogP contribution in [0.15, 0.2) is 29.0 Å². The van der Waals surface area contributed by atoms with Crippen LogP contribution in [0, 0.1) is 0 Å². The molecule has 1 fully saturated rings. The largest absolute Gasteiger partial charge is 0.443 e. The third-order valence-corrected chi connectivity index (χ3v) is 4.15. The maximum atomic E-state index is 11.6. The van der Waals surface area contributed by atoms with Gasteiger partial charge in [-0.3, -0.25) is 0 Å². The van der Waals surface area contributed by atoms with E-state index in [9.17, 15) is 8.42 Å². The Hall–Kier alpha value is -1.44. The molecule has 1 aliphatic heterocycles. The second kappa shape index (κ2) is 3.80. The van der Waals surface area contributed by atoms with Crippen LogP contribution >= 0.6 is 0 Å². The molecule has 17 heavy (non-hydrogen) atoms. The van der Waals surface area contributed by atoms with Gasteiger partial charge in [0.15, 0.2) is 12.0 Å². The summed E-state index contributed by atoms with van der Waals surface area (Å²) in [6, 6.07) is 5.42. The molecule has 3 rings (SSSR count). The van der Waals surface area contributed by atoms with Crippen molar-refractivity contribution in [2.45, 2.75) is 6.54 Å². The van der Waals surface area contributed by atoms with E-state index in [-0.39, 0.29) is 6.54 Å². The van der Waals surface area contributed by atoms with E-state index in [4.69, 9.17) is 4.42 Å². The molecule has 0 bridgehead atoms. The minimum atomic E-state index is -3.29. The summed E-state index contributed by atoms with van der Waals surface area (Å²) in [5.41, 5.74) is 2.27. The second-order valence-corrected chi connectivity index (χ2v) is 5.63. The number of fused-ring (bicyclic) bond motifs is 1. The van der Waals surface area contributed by atoms with Gasteiger partial charge < -0.3 is 4.42 Å². The first-order chi connectivity index (χ1) is 8.15. The summed E-state index contributed by atoms with van der Waals surface area (Å²) in [6.07, 6.45) is 1.37. The number of hydrogen-bond acceptors (Lipinski definition) is 4. The van der Waals surface area contributed by atoms with E-state index < -0.39 is 10.2 Å². The van der Waals surface area contributed by atoms with Gasteiger partial charge >= 0.3 is 0 Å². The van der Waals surface area contributed by atoms with Crippen molar-refractivity contribution in [3.63, 3.8) is 0 Å². The Morgan fingerprint density at radius 1 is 1.41 bits per heavy atom. The highest BCUT2D eigenvalue weighted by molar-refractivity contribution is 7.87. The van der Waals surface area contributed by atoms with Crippen LogP contribution in [-0.4, -0.2) is 30.8 Å². The van der Waals surface area contributed by atoms with Gasteiger partial charge in [0.05, 0.1) is 0 Å². The van der Waals surface area contributed by atoms with Crippen molar-refractivity contribution in [3.05, 3.63) is 30.2 Å². The van der Waals surface area contributed by atoms with Crippen molar-refractivity contribution < 1.29 is 12.8 Å². The van der Waals surface area contributed by atoms with E-state index in [2.05, 4.69) is 9.71 Å². The van der Waals surface area contributed by atoms with Crippen LogP contribution in [0.2, 0.25) is 0 Å². The second-order valence-electron chi connectivity index (χ2n) is 3.88. The van der Waals surface area contributed by atoms with Crippen molar-refractivity contribution in [3.8, 4) is 0 Å². The van der Waals surface area contributed by atoms with Crippen LogP contribution in [0.1, 0.15) is 5.56 Å². The molecule has 90 valence electrons. The molecule has 1 aliphatic rings. The van der Waals surface area contributed by atoms with E-state index in [1.165, 1.54) is 10.7 Å². The van der Waals surface area contributed by atoms with Crippen molar-refractivity contribution in [1.29, 1.82) is 0 Å². The molecule has 1 aromatic heterocycles. The van der Waals surface area contributed by atoms with Crippen LogP contribution in [-0.2, 0) is 16.8 Å². The summed E-state index contributed by atoms with van der Waals surface area (Å²) in [5, 5.41) is 0. The van der Waals surface area contributed by atoms with Gasteiger partial charge in [-0.25, -0.2) is 4.98 Å². The summed E-state index contributed by atoms with van der Waals surface area (Å²) >= 11 is 0. The number of nitrogens with one attached hydrogen (secondary N) is 1. The first-order valence-electron chi connectivity index (χ1n) is 5.22. The van der Waals surface area contributed by atoms with Gasteiger partial charge in [0.25, 0.3) is 10.2 Å². The van der Waals surface area contributed by atoms with Crippen molar-refractivity contribution in [2.75, 3.05) is 13.1 Å². The van der Waals surface area contributed by atoms with Gasteiger partial charge in [0.1, 0.15) is 5.52 Å². The molecule has 0 atom stereocenters. The van der Waals surface area contributed by atoms with Crippen LogP contribution in [0.5, 0.6) is 0 Å². The maximum absolute atomic E-state index is 11.6. The highest BCUT2D eigenvalue weighted by Crippen LogP contribution is 2.15. The minimum Gasteiger partial charge on any atom is -0.443 e.